The van der Waals surface area contributed by atoms with Crippen LogP contribution in [0.15, 0.2) is 110 Å². The van der Waals surface area contributed by atoms with Crippen molar-refractivity contribution in [3.05, 3.63) is 166 Å². The SMILES string of the molecule is C=Cc1cc(C(=O)Nc2ccc(C(=N)NC(=O)OCCCC(=O)O)cc2)c(-c2ccc(C(=O)NCC3CC3)nc2C(=O)OC(C)OC(=O)OC(C)C)cc1OC.C=Cc1cc(C(=O)Nc2ccc(C(=N)NC(=O)OCCCC(=O)OC(C)(C)C)cc2)c(-c2ccc(C(=O)NCC3CC3)nc2C(=O)OC(C)OC(=O)OC(C)C)cc1OC. The lowest BCUT2D eigenvalue weighted by atomic mass is 9.94. The summed E-state index contributed by atoms with van der Waals surface area (Å²) in [5.41, 5.74) is 1.09. The number of hydrogen-bond acceptors (Lipinski definition) is 27. The molecular weight excluding hydrogens is 1510 g/mol. The van der Waals surface area contributed by atoms with Crippen molar-refractivity contribution in [2.75, 3.05) is 51.2 Å². The Morgan fingerprint density at radius 3 is 1.22 bits per heavy atom. The summed E-state index contributed by atoms with van der Waals surface area (Å²) in [7, 11) is 2.83. The fourth-order valence-electron chi connectivity index (χ4n) is 10.5. The number of nitrogens with one attached hydrogen (secondary N) is 8. The minimum Gasteiger partial charge on any atom is -0.496 e. The monoisotopic (exact) mass is 1600 g/mol. The molecule has 6 aromatic rings. The molecule has 34 heteroatoms. The van der Waals surface area contributed by atoms with Crippen molar-refractivity contribution >= 4 is 107 Å². The smallest absolute Gasteiger partial charge is 0.496 e. The van der Waals surface area contributed by atoms with Crippen molar-refractivity contribution in [3.63, 3.8) is 0 Å². The van der Waals surface area contributed by atoms with Gasteiger partial charge in [0.25, 0.3) is 23.6 Å². The van der Waals surface area contributed by atoms with Crippen LogP contribution in [0, 0.1) is 22.7 Å². The van der Waals surface area contributed by atoms with Crippen molar-refractivity contribution in [2.24, 2.45) is 11.8 Å². The average molecular weight is 1600 g/mol. The summed E-state index contributed by atoms with van der Waals surface area (Å²) >= 11 is 0. The van der Waals surface area contributed by atoms with Crippen LogP contribution in [0.25, 0.3) is 34.4 Å². The van der Waals surface area contributed by atoms with E-state index in [9.17, 15) is 57.5 Å². The molecule has 2 heterocycles. The van der Waals surface area contributed by atoms with Gasteiger partial charge in [-0.3, -0.25) is 50.2 Å². The van der Waals surface area contributed by atoms with E-state index < -0.39 is 102 Å². The molecule has 0 radical (unpaired) electrons. The minimum absolute atomic E-state index is 0.0384. The molecule has 2 atom stereocenters. The number of amides is 6. The number of amidine groups is 2. The van der Waals surface area contributed by atoms with Gasteiger partial charge in [0, 0.05) is 107 Å². The number of benzene rings is 4. The summed E-state index contributed by atoms with van der Waals surface area (Å²) < 4.78 is 57.2. The average Bonchev–Trinajstić information content (AvgIpc) is 1.07. The lowest BCUT2D eigenvalue weighted by Gasteiger charge is -2.19. The summed E-state index contributed by atoms with van der Waals surface area (Å²) in [5.74, 6) is -5.15. The standard InChI is InChI=1S/C43H51N5O12.C39H43N5O12/c1-9-27-21-32(38(50)46-29-16-14-28(15-17-29)37(44)48-41(53)56-20-10-11-35(49)60-43(5,6)7)31(22-34(27)55-8)30-18-19-33(39(51)45-23-26-12-13-26)47-36(30)40(52)58-25(4)59-42(54)57-24(2)3;1-6-24-18-29(35(47)42-26-13-11-25(12-14-26)34(40)44-38(50)53-17-7-8-32(45)46)28(19-31(24)52-5)27-15-16-30(36(48)41-20-23-9-10-23)43-33(27)37(49)55-22(4)56-39(51)54-21(2)3/h9,14-19,21-22,24-26H,1,10-13,20,23H2,2-8H3,(H,45,51)(H,46,50)(H2,44,48,53);6,11-16,18-19,21-23H,1,7-10,17,20H2,2-5H3,(H,41,48)(H,42,47)(H,45,46)(H2,40,44,50). The third-order valence-corrected chi connectivity index (χ3v) is 16.4. The summed E-state index contributed by atoms with van der Waals surface area (Å²) in [5, 5.41) is 41.0. The Morgan fingerprint density at radius 1 is 0.509 bits per heavy atom. The van der Waals surface area contributed by atoms with Crippen LogP contribution >= 0.6 is 0 Å². The lowest BCUT2D eigenvalue weighted by Crippen LogP contribution is -2.31. The Morgan fingerprint density at radius 2 is 0.888 bits per heavy atom. The molecule has 0 saturated heterocycles. The van der Waals surface area contributed by atoms with Crippen molar-refractivity contribution < 1.29 is 115 Å². The molecule has 116 heavy (non-hydrogen) atoms. The van der Waals surface area contributed by atoms with Crippen LogP contribution in [-0.4, -0.2) is 170 Å². The zero-order valence-corrected chi connectivity index (χ0v) is 66.0. The summed E-state index contributed by atoms with van der Waals surface area (Å²) in [6.07, 6.45) is -0.605. The molecule has 0 bridgehead atoms. The first-order chi connectivity index (χ1) is 55.0. The van der Waals surface area contributed by atoms with Gasteiger partial charge in [0.05, 0.1) is 39.6 Å². The Kier molecular flexibility index (Phi) is 32.7. The van der Waals surface area contributed by atoms with Gasteiger partial charge >= 0.3 is 48.4 Å². The molecule has 4 aromatic carbocycles. The third kappa shape index (κ3) is 28.3. The Labute approximate surface area is 668 Å². The number of carbonyl (C=O) groups is 12. The maximum Gasteiger partial charge on any atom is 0.511 e. The summed E-state index contributed by atoms with van der Waals surface area (Å²) in [6.45, 7) is 22.6. The number of pyridine rings is 2. The highest BCUT2D eigenvalue weighted by atomic mass is 16.8. The number of carboxylic acid groups (broad SMARTS) is 1. The molecule has 6 amide bonds. The third-order valence-electron chi connectivity index (χ3n) is 16.4. The second kappa shape index (κ2) is 42.4. The number of carbonyl (C=O) groups excluding carboxylic acids is 11. The van der Waals surface area contributed by atoms with Gasteiger partial charge in [0.1, 0.15) is 40.2 Å². The molecule has 0 spiro atoms. The zero-order chi connectivity index (χ0) is 85.1. The molecule has 8 rings (SSSR count). The highest BCUT2D eigenvalue weighted by Crippen LogP contribution is 2.38. The Balaban J connectivity index is 0.000000322. The molecule has 616 valence electrons. The molecule has 2 aliphatic rings. The molecule has 2 saturated carbocycles. The minimum atomic E-state index is -1.43. The second-order valence-electron chi connectivity index (χ2n) is 27.7. The largest absolute Gasteiger partial charge is 0.511 e. The van der Waals surface area contributed by atoms with E-state index in [1.54, 1.807) is 48.5 Å². The van der Waals surface area contributed by atoms with Crippen molar-refractivity contribution in [2.45, 2.75) is 144 Å². The van der Waals surface area contributed by atoms with Crippen LogP contribution in [-0.2, 0) is 52.2 Å². The Bertz CT molecular complexity index is 4680. The molecule has 2 aromatic heterocycles. The van der Waals surface area contributed by atoms with Gasteiger partial charge in [-0.2, -0.15) is 0 Å². The van der Waals surface area contributed by atoms with Crippen molar-refractivity contribution in [1.29, 1.82) is 10.8 Å². The van der Waals surface area contributed by atoms with Crippen LogP contribution in [0.5, 0.6) is 11.5 Å². The van der Waals surface area contributed by atoms with Crippen LogP contribution in [0.1, 0.15) is 199 Å². The first-order valence-electron chi connectivity index (χ1n) is 36.8. The molecular formula is C82H94N10O24. The van der Waals surface area contributed by atoms with Gasteiger partial charge in [-0.25, -0.2) is 38.7 Å². The number of rotatable bonds is 34. The number of anilines is 2. The van der Waals surface area contributed by atoms with E-state index in [-0.39, 0.29) is 112 Å². The lowest BCUT2D eigenvalue weighted by molar-refractivity contribution is -0.155. The number of nitrogens with zero attached hydrogens (tertiary/aromatic N) is 2. The quantitative estimate of drug-likeness (QED) is 0.00452. The fraction of sp³-hybridized carbons (Fsp3) is 0.366. The van der Waals surface area contributed by atoms with Crippen molar-refractivity contribution in [3.8, 4) is 33.8 Å². The van der Waals surface area contributed by atoms with E-state index in [0.29, 0.717) is 64.5 Å². The highest BCUT2D eigenvalue weighted by molar-refractivity contribution is 6.13. The summed E-state index contributed by atoms with van der Waals surface area (Å²) in [4.78, 5) is 161. The molecule has 0 aliphatic heterocycles. The fourth-order valence-corrected chi connectivity index (χ4v) is 10.5. The van der Waals surface area contributed by atoms with E-state index in [0.717, 1.165) is 25.7 Å². The normalized spacial score (nSPS) is 12.5. The van der Waals surface area contributed by atoms with Crippen LogP contribution in [0.3, 0.4) is 0 Å². The van der Waals surface area contributed by atoms with Crippen LogP contribution < -0.4 is 41.4 Å². The maximum atomic E-state index is 14.1. The van der Waals surface area contributed by atoms with Gasteiger partial charge in [-0.05, 0) is 196 Å². The molecule has 2 unspecified atom stereocenters. The highest BCUT2D eigenvalue weighted by Gasteiger charge is 2.32. The number of ether oxygens (including phenoxy) is 11. The Hall–Kier alpha value is -13.6. The van der Waals surface area contributed by atoms with Gasteiger partial charge in [-0.1, -0.05) is 25.3 Å². The maximum absolute atomic E-state index is 14.1. The predicted molar refractivity (Wildman–Crippen MR) is 421 cm³/mol. The number of aromatic nitrogens is 2. The number of alkyl carbamates (subject to hydrolysis) is 2. The van der Waals surface area contributed by atoms with E-state index in [2.05, 4.69) is 55.0 Å². The van der Waals surface area contributed by atoms with Crippen LogP contribution in [0.2, 0.25) is 0 Å². The van der Waals surface area contributed by atoms with Gasteiger partial charge < -0.3 is 78.5 Å². The van der Waals surface area contributed by atoms with E-state index in [1.165, 1.54) is 137 Å². The number of aliphatic carboxylic acids is 1. The van der Waals surface area contributed by atoms with E-state index >= 15 is 0 Å². The zero-order valence-electron chi connectivity index (χ0n) is 66.0. The number of hydrogen-bond donors (Lipinski definition) is 9. The number of methoxy groups -OCH3 is 2. The van der Waals surface area contributed by atoms with E-state index in [1.807, 2.05) is 0 Å². The first kappa shape index (κ1) is 89.6. The van der Waals surface area contributed by atoms with Gasteiger partial charge in [0.15, 0.2) is 11.4 Å². The second-order valence-corrected chi connectivity index (χ2v) is 27.7. The predicted octanol–water partition coefficient (Wildman–Crippen LogP) is 12.8. The topological polar surface area (TPSA) is 472 Å². The van der Waals surface area contributed by atoms with Crippen LogP contribution in [0.4, 0.5) is 30.6 Å². The molecule has 2 fully saturated rings. The number of carboxylic acids is 1. The summed E-state index contributed by atoms with van der Waals surface area (Å²) in [6, 6.07) is 23.7. The van der Waals surface area contributed by atoms with Crippen molar-refractivity contribution in [1.82, 2.24) is 31.2 Å². The molecule has 9 N–H and O–H groups in total. The molecule has 2 aliphatic carbocycles. The molecule has 34 nitrogen and oxygen atoms in total. The number of esters is 3. The van der Waals surface area contributed by atoms with E-state index in [4.69, 9.17) is 68.0 Å². The van der Waals surface area contributed by atoms with Gasteiger partial charge in [0.2, 0.25) is 12.6 Å². The van der Waals surface area contributed by atoms with Gasteiger partial charge in [-0.15, -0.1) is 0 Å². The first-order valence-corrected chi connectivity index (χ1v) is 36.8.